The Bertz CT molecular complexity index is 1080. The van der Waals surface area contributed by atoms with Crippen molar-refractivity contribution in [3.05, 3.63) is 77.5 Å². The molecular weight excluding hydrogens is 452 g/mol. The van der Waals surface area contributed by atoms with Gasteiger partial charge in [0.1, 0.15) is 0 Å². The van der Waals surface area contributed by atoms with Crippen molar-refractivity contribution in [3.63, 3.8) is 0 Å². The maximum Gasteiger partial charge on any atom is 0.0724 e. The van der Waals surface area contributed by atoms with Gasteiger partial charge >= 0.3 is 0 Å². The topological polar surface area (TPSA) is 40.2 Å². The molecule has 3 aromatic rings. The molecule has 0 aliphatic carbocycles. The summed E-state index contributed by atoms with van der Waals surface area (Å²) < 4.78 is 0. The standard InChI is InChI=1S/C19H19ClN2.C9H16N2.C2H6/c1-21-12-2-3-14-4-6-15(7-5-14)18-11-9-16-8-10-17(20)13-19(16)22-18;1-7-9-6-11(2)5-8(9)3-4-10-7;1-2/h4-11,13,21H,2-3,12H2,1H3;8-10H,1,3-6H2,2H3;1-2H3. The monoisotopic (exact) mass is 492 g/mol. The summed E-state index contributed by atoms with van der Waals surface area (Å²) in [7, 11) is 4.19. The van der Waals surface area contributed by atoms with Crippen LogP contribution in [-0.2, 0) is 6.42 Å². The molecule has 2 fully saturated rings. The number of halogens is 1. The number of aromatic nitrogens is 1. The van der Waals surface area contributed by atoms with Gasteiger partial charge in [0, 0.05) is 47.2 Å². The van der Waals surface area contributed by atoms with Crippen LogP contribution in [0.3, 0.4) is 0 Å². The molecule has 2 aromatic carbocycles. The van der Waals surface area contributed by atoms with Crippen LogP contribution >= 0.6 is 11.6 Å². The number of nitrogens with zero attached hydrogens (tertiary/aromatic N) is 2. The number of fused-ring (bicyclic) bond motifs is 2. The van der Waals surface area contributed by atoms with Gasteiger partial charge < -0.3 is 15.5 Å². The highest BCUT2D eigenvalue weighted by atomic mass is 35.5. The number of hydrogen-bond donors (Lipinski definition) is 2. The summed E-state index contributed by atoms with van der Waals surface area (Å²) in [6.45, 7) is 12.7. The van der Waals surface area contributed by atoms with Crippen molar-refractivity contribution >= 4 is 22.5 Å². The average Bonchev–Trinajstić information content (AvgIpc) is 3.27. The molecule has 2 aliphatic heterocycles. The van der Waals surface area contributed by atoms with Crippen molar-refractivity contribution in [2.45, 2.75) is 33.1 Å². The number of pyridine rings is 1. The molecule has 1 aromatic heterocycles. The van der Waals surface area contributed by atoms with Crippen LogP contribution in [0.2, 0.25) is 5.02 Å². The van der Waals surface area contributed by atoms with Crippen LogP contribution < -0.4 is 10.6 Å². The van der Waals surface area contributed by atoms with Gasteiger partial charge in [-0.3, -0.25) is 0 Å². The molecule has 2 atom stereocenters. The molecule has 2 saturated heterocycles. The van der Waals surface area contributed by atoms with E-state index in [2.05, 4.69) is 65.6 Å². The molecule has 0 spiro atoms. The zero-order valence-electron chi connectivity index (χ0n) is 21.8. The Labute approximate surface area is 216 Å². The van der Waals surface area contributed by atoms with E-state index in [1.54, 1.807) is 0 Å². The smallest absolute Gasteiger partial charge is 0.0724 e. The van der Waals surface area contributed by atoms with Gasteiger partial charge in [-0.15, -0.1) is 0 Å². The first-order chi connectivity index (χ1) is 17.0. The predicted octanol–water partition coefficient (Wildman–Crippen LogP) is 6.40. The zero-order valence-corrected chi connectivity index (χ0v) is 22.5. The molecule has 2 N–H and O–H groups in total. The maximum atomic E-state index is 6.05. The van der Waals surface area contributed by atoms with E-state index in [9.17, 15) is 0 Å². The van der Waals surface area contributed by atoms with Gasteiger partial charge in [-0.2, -0.15) is 0 Å². The Balaban J connectivity index is 0.000000220. The van der Waals surface area contributed by atoms with Crippen LogP contribution in [0.5, 0.6) is 0 Å². The Morgan fingerprint density at radius 2 is 1.83 bits per heavy atom. The third kappa shape index (κ3) is 7.54. The molecule has 4 nitrogen and oxygen atoms in total. The van der Waals surface area contributed by atoms with E-state index in [-0.39, 0.29) is 0 Å². The molecule has 3 heterocycles. The van der Waals surface area contributed by atoms with Crippen molar-refractivity contribution in [2.75, 3.05) is 40.3 Å². The second kappa shape index (κ2) is 13.6. The molecule has 2 aliphatic rings. The second-order valence-electron chi connectivity index (χ2n) is 9.27. The van der Waals surface area contributed by atoms with E-state index in [1.165, 1.54) is 30.8 Å². The molecule has 5 rings (SSSR count). The number of benzene rings is 2. The van der Waals surface area contributed by atoms with Crippen LogP contribution in [0.25, 0.3) is 22.2 Å². The summed E-state index contributed by atoms with van der Waals surface area (Å²) in [6, 6.07) is 18.6. The number of aryl methyl sites for hydroxylation is 1. The molecule has 0 saturated carbocycles. The predicted molar refractivity (Wildman–Crippen MR) is 152 cm³/mol. The first-order valence-corrected chi connectivity index (χ1v) is 13.3. The fourth-order valence-electron chi connectivity index (χ4n) is 4.89. The van der Waals surface area contributed by atoms with Gasteiger partial charge in [0.05, 0.1) is 11.2 Å². The van der Waals surface area contributed by atoms with Crippen LogP contribution in [-0.4, -0.2) is 50.2 Å². The first kappa shape index (κ1) is 27.2. The number of rotatable bonds is 5. The van der Waals surface area contributed by atoms with Crippen LogP contribution in [0.4, 0.5) is 0 Å². The molecular formula is C30H41ClN4. The maximum absolute atomic E-state index is 6.05. The summed E-state index contributed by atoms with van der Waals surface area (Å²) >= 11 is 6.05. The molecule has 35 heavy (non-hydrogen) atoms. The Morgan fingerprint density at radius 1 is 1.09 bits per heavy atom. The van der Waals surface area contributed by atoms with E-state index >= 15 is 0 Å². The first-order valence-electron chi connectivity index (χ1n) is 12.9. The molecule has 0 bridgehead atoms. The fraction of sp³-hybridized carbons (Fsp3) is 0.433. The van der Waals surface area contributed by atoms with E-state index in [0.717, 1.165) is 64.9 Å². The van der Waals surface area contributed by atoms with E-state index < -0.39 is 0 Å². The highest BCUT2D eigenvalue weighted by Crippen LogP contribution is 2.31. The molecule has 5 heteroatoms. The zero-order chi connectivity index (χ0) is 25.2. The summed E-state index contributed by atoms with van der Waals surface area (Å²) in [6.07, 6.45) is 3.58. The molecule has 0 radical (unpaired) electrons. The van der Waals surface area contributed by atoms with Gasteiger partial charge in [-0.25, -0.2) is 4.98 Å². The lowest BCUT2D eigenvalue weighted by Crippen LogP contribution is -2.33. The minimum Gasteiger partial charge on any atom is -0.389 e. The SMILES string of the molecule is C=C1NCCC2CN(C)CC12.CC.CNCCCc1ccc(-c2ccc3ccc(Cl)cc3n2)cc1. The molecule has 2 unspecified atom stereocenters. The highest BCUT2D eigenvalue weighted by molar-refractivity contribution is 6.31. The lowest BCUT2D eigenvalue weighted by atomic mass is 9.87. The quantitative estimate of drug-likeness (QED) is 0.404. The van der Waals surface area contributed by atoms with Gasteiger partial charge in [-0.05, 0) is 69.6 Å². The number of hydrogen-bond acceptors (Lipinski definition) is 4. The van der Waals surface area contributed by atoms with E-state index in [4.69, 9.17) is 16.6 Å². The number of piperidine rings is 1. The van der Waals surface area contributed by atoms with Gasteiger partial charge in [-0.1, -0.05) is 68.4 Å². The third-order valence-electron chi connectivity index (χ3n) is 6.73. The Hall–Kier alpha value is -2.40. The minimum absolute atomic E-state index is 0.719. The van der Waals surface area contributed by atoms with Gasteiger partial charge in [0.2, 0.25) is 0 Å². The average molecular weight is 493 g/mol. The van der Waals surface area contributed by atoms with E-state index in [0.29, 0.717) is 0 Å². The van der Waals surface area contributed by atoms with Crippen molar-refractivity contribution in [3.8, 4) is 11.3 Å². The number of nitrogens with one attached hydrogen (secondary N) is 2. The lowest BCUT2D eigenvalue weighted by Gasteiger charge is -2.27. The van der Waals surface area contributed by atoms with E-state index in [1.807, 2.05) is 39.1 Å². The van der Waals surface area contributed by atoms with Crippen molar-refractivity contribution in [2.24, 2.45) is 11.8 Å². The Morgan fingerprint density at radius 3 is 2.54 bits per heavy atom. The minimum atomic E-state index is 0.719. The van der Waals surface area contributed by atoms with Crippen molar-refractivity contribution in [1.29, 1.82) is 0 Å². The van der Waals surface area contributed by atoms with Crippen molar-refractivity contribution in [1.82, 2.24) is 20.5 Å². The largest absolute Gasteiger partial charge is 0.389 e. The van der Waals surface area contributed by atoms with Gasteiger partial charge in [0.25, 0.3) is 0 Å². The highest BCUT2D eigenvalue weighted by Gasteiger charge is 2.34. The third-order valence-corrected chi connectivity index (χ3v) is 6.97. The Kier molecular flexibility index (Phi) is 10.6. The van der Waals surface area contributed by atoms with Gasteiger partial charge in [0.15, 0.2) is 0 Å². The summed E-state index contributed by atoms with van der Waals surface area (Å²) in [5, 5.41) is 8.36. The summed E-state index contributed by atoms with van der Waals surface area (Å²) in [5.41, 5.74) is 5.69. The molecule has 188 valence electrons. The van der Waals surface area contributed by atoms with Crippen LogP contribution in [0, 0.1) is 11.8 Å². The van der Waals surface area contributed by atoms with Crippen LogP contribution in [0.15, 0.2) is 66.9 Å². The number of likely N-dealkylation sites (tertiary alicyclic amines) is 1. The molecule has 0 amide bonds. The lowest BCUT2D eigenvalue weighted by molar-refractivity contribution is 0.366. The summed E-state index contributed by atoms with van der Waals surface area (Å²) in [4.78, 5) is 7.13. The summed E-state index contributed by atoms with van der Waals surface area (Å²) in [5.74, 6) is 1.61. The van der Waals surface area contributed by atoms with Crippen molar-refractivity contribution < 1.29 is 0 Å². The normalized spacial score (nSPS) is 19.2. The second-order valence-corrected chi connectivity index (χ2v) is 9.70. The van der Waals surface area contributed by atoms with Crippen LogP contribution in [0.1, 0.15) is 32.3 Å². The fourth-order valence-corrected chi connectivity index (χ4v) is 5.05.